The van der Waals surface area contributed by atoms with Crippen molar-refractivity contribution in [1.82, 2.24) is 4.90 Å². The molecule has 0 aliphatic heterocycles. The number of hydrogen-bond donors (Lipinski definition) is 1. The van der Waals surface area contributed by atoms with Crippen LogP contribution >= 0.6 is 0 Å². The lowest BCUT2D eigenvalue weighted by Crippen LogP contribution is -2.22. The van der Waals surface area contributed by atoms with Gasteiger partial charge in [0, 0.05) is 18.7 Å². The number of hydrogen-bond acceptors (Lipinski definition) is 3. The van der Waals surface area contributed by atoms with Crippen molar-refractivity contribution in [1.29, 1.82) is 0 Å². The number of aryl methyl sites for hydroxylation is 2. The van der Waals surface area contributed by atoms with Gasteiger partial charge in [0.2, 0.25) is 0 Å². The third-order valence-corrected chi connectivity index (χ3v) is 2.81. The average molecular weight is 259 g/mol. The van der Waals surface area contributed by atoms with Crippen molar-refractivity contribution in [3.8, 4) is 5.75 Å². The molecule has 1 N–H and O–H groups in total. The molecule has 1 rings (SSSR count). The van der Waals surface area contributed by atoms with Gasteiger partial charge < -0.3 is 9.84 Å². The van der Waals surface area contributed by atoms with Crippen LogP contribution in [0.1, 0.15) is 16.7 Å². The van der Waals surface area contributed by atoms with Gasteiger partial charge in [-0.3, -0.25) is 4.90 Å². The summed E-state index contributed by atoms with van der Waals surface area (Å²) in [6.07, 6.45) is 0. The Balaban J connectivity index is 2.95. The van der Waals surface area contributed by atoms with Gasteiger partial charge in [0.05, 0.1) is 6.61 Å². The minimum absolute atomic E-state index is 0.0341. The smallest absolute Gasteiger partial charge is 0.387 e. The van der Waals surface area contributed by atoms with E-state index < -0.39 is 6.61 Å². The Bertz CT molecular complexity index is 397. The number of nitrogens with zero attached hydrogens (tertiary/aromatic N) is 1. The van der Waals surface area contributed by atoms with Crippen molar-refractivity contribution in [2.24, 2.45) is 0 Å². The summed E-state index contributed by atoms with van der Waals surface area (Å²) >= 11 is 0. The predicted octanol–water partition coefficient (Wildman–Crippen LogP) is 2.33. The van der Waals surface area contributed by atoms with E-state index in [2.05, 4.69) is 4.74 Å². The lowest BCUT2D eigenvalue weighted by molar-refractivity contribution is -0.0508. The summed E-state index contributed by atoms with van der Waals surface area (Å²) in [6, 6.07) is 3.48. The van der Waals surface area contributed by atoms with Gasteiger partial charge >= 0.3 is 6.61 Å². The van der Waals surface area contributed by atoms with E-state index in [0.29, 0.717) is 18.7 Å². The van der Waals surface area contributed by atoms with Gasteiger partial charge in [0.1, 0.15) is 5.75 Å². The Morgan fingerprint density at radius 2 is 1.89 bits per heavy atom. The molecule has 0 spiro atoms. The molecule has 0 unspecified atom stereocenters. The molecule has 0 bridgehead atoms. The maximum atomic E-state index is 12.3. The molecule has 0 aromatic heterocycles. The van der Waals surface area contributed by atoms with Crippen molar-refractivity contribution < 1.29 is 18.6 Å². The fourth-order valence-corrected chi connectivity index (χ4v) is 1.72. The molecular weight excluding hydrogens is 240 g/mol. The number of halogens is 2. The molecule has 0 aliphatic carbocycles. The van der Waals surface area contributed by atoms with E-state index in [1.54, 1.807) is 6.07 Å². The zero-order valence-electron chi connectivity index (χ0n) is 10.9. The number of rotatable bonds is 6. The molecule has 0 saturated heterocycles. The molecule has 0 fully saturated rings. The summed E-state index contributed by atoms with van der Waals surface area (Å²) in [5, 5.41) is 8.84. The molecule has 102 valence electrons. The first-order valence-corrected chi connectivity index (χ1v) is 5.78. The molecule has 3 nitrogen and oxygen atoms in total. The SMILES string of the molecule is Cc1cc(CN(C)CCO)c(OC(F)F)cc1C. The molecule has 1 aromatic carbocycles. The van der Waals surface area contributed by atoms with Crippen LogP contribution in [0.15, 0.2) is 12.1 Å². The maximum Gasteiger partial charge on any atom is 0.387 e. The number of benzene rings is 1. The summed E-state index contributed by atoms with van der Waals surface area (Å²) in [7, 11) is 1.82. The van der Waals surface area contributed by atoms with Gasteiger partial charge in [-0.15, -0.1) is 0 Å². The summed E-state index contributed by atoms with van der Waals surface area (Å²) < 4.78 is 29.2. The van der Waals surface area contributed by atoms with E-state index in [4.69, 9.17) is 5.11 Å². The van der Waals surface area contributed by atoms with Gasteiger partial charge in [-0.1, -0.05) is 6.07 Å². The highest BCUT2D eigenvalue weighted by molar-refractivity contribution is 5.41. The predicted molar refractivity (Wildman–Crippen MR) is 66.0 cm³/mol. The molecule has 0 aliphatic rings. The number of aliphatic hydroxyl groups is 1. The van der Waals surface area contributed by atoms with Crippen LogP contribution in [-0.4, -0.2) is 36.8 Å². The van der Waals surface area contributed by atoms with Gasteiger partial charge in [0.15, 0.2) is 0 Å². The minimum Gasteiger partial charge on any atom is -0.434 e. The summed E-state index contributed by atoms with van der Waals surface area (Å²) in [5.74, 6) is 0.206. The molecule has 0 heterocycles. The molecule has 5 heteroatoms. The second-order valence-corrected chi connectivity index (χ2v) is 4.38. The van der Waals surface area contributed by atoms with Crippen LogP contribution in [0.2, 0.25) is 0 Å². The third kappa shape index (κ3) is 4.23. The van der Waals surface area contributed by atoms with Crippen LogP contribution in [0, 0.1) is 13.8 Å². The zero-order chi connectivity index (χ0) is 13.7. The quantitative estimate of drug-likeness (QED) is 0.851. The van der Waals surface area contributed by atoms with Crippen LogP contribution in [0.25, 0.3) is 0 Å². The second kappa shape index (κ2) is 6.66. The Hall–Kier alpha value is -1.20. The average Bonchev–Trinajstić information content (AvgIpc) is 2.25. The lowest BCUT2D eigenvalue weighted by atomic mass is 10.0. The topological polar surface area (TPSA) is 32.7 Å². The lowest BCUT2D eigenvalue weighted by Gasteiger charge is -2.19. The van der Waals surface area contributed by atoms with E-state index >= 15 is 0 Å². The first kappa shape index (κ1) is 14.9. The van der Waals surface area contributed by atoms with Crippen molar-refractivity contribution in [2.45, 2.75) is 27.0 Å². The third-order valence-electron chi connectivity index (χ3n) is 2.81. The van der Waals surface area contributed by atoms with Crippen LogP contribution in [0.3, 0.4) is 0 Å². The van der Waals surface area contributed by atoms with E-state index in [1.807, 2.05) is 31.9 Å². The van der Waals surface area contributed by atoms with Gasteiger partial charge in [-0.25, -0.2) is 0 Å². The van der Waals surface area contributed by atoms with E-state index in [1.165, 1.54) is 0 Å². The van der Waals surface area contributed by atoms with E-state index in [0.717, 1.165) is 11.1 Å². The summed E-state index contributed by atoms with van der Waals surface area (Å²) in [6.45, 7) is 1.94. The van der Waals surface area contributed by atoms with E-state index in [-0.39, 0.29) is 12.4 Å². The van der Waals surface area contributed by atoms with Crippen molar-refractivity contribution >= 4 is 0 Å². The first-order chi connectivity index (χ1) is 8.43. The van der Waals surface area contributed by atoms with Crippen LogP contribution in [0.5, 0.6) is 5.75 Å². The molecule has 1 aromatic rings. The maximum absolute atomic E-state index is 12.3. The summed E-state index contributed by atoms with van der Waals surface area (Å²) in [5.41, 5.74) is 2.65. The second-order valence-electron chi connectivity index (χ2n) is 4.38. The Labute approximate surface area is 106 Å². The van der Waals surface area contributed by atoms with Gasteiger partial charge in [-0.05, 0) is 38.1 Å². The molecule has 0 radical (unpaired) electrons. The van der Waals surface area contributed by atoms with Crippen LogP contribution in [0.4, 0.5) is 8.78 Å². The van der Waals surface area contributed by atoms with Gasteiger partial charge in [-0.2, -0.15) is 8.78 Å². The molecule has 18 heavy (non-hydrogen) atoms. The van der Waals surface area contributed by atoms with E-state index in [9.17, 15) is 8.78 Å². The highest BCUT2D eigenvalue weighted by atomic mass is 19.3. The molecular formula is C13H19F2NO2. The van der Waals surface area contributed by atoms with Crippen molar-refractivity contribution in [3.05, 3.63) is 28.8 Å². The molecule has 0 amide bonds. The molecule has 0 atom stereocenters. The van der Waals surface area contributed by atoms with Crippen LogP contribution in [-0.2, 0) is 6.54 Å². The molecule has 0 saturated carbocycles. The standard InChI is InChI=1S/C13H19F2NO2/c1-9-6-11(8-16(3)4-5-17)12(7-10(9)2)18-13(14)15/h6-7,13,17H,4-5,8H2,1-3H3. The number of ether oxygens (including phenoxy) is 1. The monoisotopic (exact) mass is 259 g/mol. The fourth-order valence-electron chi connectivity index (χ4n) is 1.72. The fraction of sp³-hybridized carbons (Fsp3) is 0.538. The largest absolute Gasteiger partial charge is 0.434 e. The highest BCUT2D eigenvalue weighted by Gasteiger charge is 2.13. The number of alkyl halides is 2. The Morgan fingerprint density at radius 3 is 2.44 bits per heavy atom. The summed E-state index contributed by atoms with van der Waals surface area (Å²) in [4.78, 5) is 1.85. The zero-order valence-corrected chi connectivity index (χ0v) is 10.9. The Kier molecular flexibility index (Phi) is 5.50. The highest BCUT2D eigenvalue weighted by Crippen LogP contribution is 2.26. The van der Waals surface area contributed by atoms with Crippen molar-refractivity contribution in [3.63, 3.8) is 0 Å². The Morgan fingerprint density at radius 1 is 1.28 bits per heavy atom. The van der Waals surface area contributed by atoms with Crippen molar-refractivity contribution in [2.75, 3.05) is 20.2 Å². The minimum atomic E-state index is -2.82. The number of aliphatic hydroxyl groups excluding tert-OH is 1. The van der Waals surface area contributed by atoms with Gasteiger partial charge in [0.25, 0.3) is 0 Å². The number of likely N-dealkylation sites (N-methyl/N-ethyl adjacent to an activating group) is 1. The first-order valence-electron chi connectivity index (χ1n) is 5.78. The van der Waals surface area contributed by atoms with Crippen LogP contribution < -0.4 is 4.74 Å². The normalized spacial score (nSPS) is 11.3.